The standard InChI is InChI=1S/C15H11FN4OS/c1-9-6-18-12(7-17-9)14(21)20-15-19-13(8-22-15)10-2-4-11(16)5-3-10/h2-8H,1H3,(H,19,20,21). The molecule has 2 aromatic heterocycles. The third kappa shape index (κ3) is 3.15. The summed E-state index contributed by atoms with van der Waals surface area (Å²) in [6.07, 6.45) is 2.94. The molecule has 0 bridgehead atoms. The molecule has 0 saturated heterocycles. The summed E-state index contributed by atoms with van der Waals surface area (Å²) in [5, 5.41) is 4.92. The zero-order valence-corrected chi connectivity index (χ0v) is 12.4. The Morgan fingerprint density at radius 3 is 2.64 bits per heavy atom. The number of halogens is 1. The highest BCUT2D eigenvalue weighted by Gasteiger charge is 2.11. The van der Waals surface area contributed by atoms with Gasteiger partial charge in [-0.3, -0.25) is 15.1 Å². The summed E-state index contributed by atoms with van der Waals surface area (Å²) in [6.45, 7) is 1.80. The molecule has 2 heterocycles. The van der Waals surface area contributed by atoms with E-state index in [9.17, 15) is 9.18 Å². The van der Waals surface area contributed by atoms with Crippen LogP contribution in [0.25, 0.3) is 11.3 Å². The monoisotopic (exact) mass is 314 g/mol. The van der Waals surface area contributed by atoms with Crippen molar-refractivity contribution in [3.05, 3.63) is 59.2 Å². The molecule has 0 spiro atoms. The first kappa shape index (κ1) is 14.3. The van der Waals surface area contributed by atoms with Crippen molar-refractivity contribution in [2.24, 2.45) is 0 Å². The van der Waals surface area contributed by atoms with Crippen LogP contribution < -0.4 is 5.32 Å². The number of benzene rings is 1. The first-order chi connectivity index (χ1) is 10.6. The molecule has 1 aromatic carbocycles. The lowest BCUT2D eigenvalue weighted by Crippen LogP contribution is -2.13. The molecular formula is C15H11FN4OS. The number of hydrogen-bond donors (Lipinski definition) is 1. The van der Waals surface area contributed by atoms with E-state index in [0.717, 1.165) is 11.3 Å². The van der Waals surface area contributed by atoms with E-state index < -0.39 is 0 Å². The molecule has 3 aromatic rings. The van der Waals surface area contributed by atoms with Gasteiger partial charge >= 0.3 is 0 Å². The molecule has 1 amide bonds. The van der Waals surface area contributed by atoms with Gasteiger partial charge in [-0.2, -0.15) is 0 Å². The van der Waals surface area contributed by atoms with Crippen molar-refractivity contribution in [2.45, 2.75) is 6.92 Å². The van der Waals surface area contributed by atoms with Crippen LogP contribution in [-0.4, -0.2) is 20.9 Å². The third-order valence-corrected chi connectivity index (χ3v) is 3.64. The molecule has 0 radical (unpaired) electrons. The summed E-state index contributed by atoms with van der Waals surface area (Å²) in [5.41, 5.74) is 2.43. The predicted octanol–water partition coefficient (Wildman–Crippen LogP) is 3.30. The van der Waals surface area contributed by atoms with E-state index in [1.807, 2.05) is 0 Å². The van der Waals surface area contributed by atoms with Crippen LogP contribution in [0, 0.1) is 12.7 Å². The normalized spacial score (nSPS) is 10.5. The van der Waals surface area contributed by atoms with Gasteiger partial charge in [-0.15, -0.1) is 11.3 Å². The van der Waals surface area contributed by atoms with Crippen molar-refractivity contribution in [3.63, 3.8) is 0 Å². The number of nitrogens with one attached hydrogen (secondary N) is 1. The second-order valence-corrected chi connectivity index (χ2v) is 5.40. The minimum absolute atomic E-state index is 0.226. The predicted molar refractivity (Wildman–Crippen MR) is 82.2 cm³/mol. The van der Waals surface area contributed by atoms with E-state index in [2.05, 4.69) is 20.3 Å². The fourth-order valence-corrected chi connectivity index (χ4v) is 2.47. The molecule has 5 nitrogen and oxygen atoms in total. The van der Waals surface area contributed by atoms with Gasteiger partial charge in [-0.1, -0.05) is 0 Å². The van der Waals surface area contributed by atoms with E-state index in [1.54, 1.807) is 24.4 Å². The average molecular weight is 314 g/mol. The molecular weight excluding hydrogens is 303 g/mol. The molecule has 110 valence electrons. The largest absolute Gasteiger partial charge is 0.296 e. The molecule has 0 unspecified atom stereocenters. The summed E-state index contributed by atoms with van der Waals surface area (Å²) < 4.78 is 12.9. The SMILES string of the molecule is Cc1cnc(C(=O)Nc2nc(-c3ccc(F)cc3)cs2)cn1. The Balaban J connectivity index is 1.75. The van der Waals surface area contributed by atoms with E-state index in [4.69, 9.17) is 0 Å². The first-order valence-corrected chi connectivity index (χ1v) is 7.31. The van der Waals surface area contributed by atoms with Crippen molar-refractivity contribution >= 4 is 22.4 Å². The number of aromatic nitrogens is 3. The summed E-state index contributed by atoms with van der Waals surface area (Å²) >= 11 is 1.29. The Morgan fingerprint density at radius 2 is 1.95 bits per heavy atom. The first-order valence-electron chi connectivity index (χ1n) is 6.43. The highest BCUT2D eigenvalue weighted by Crippen LogP contribution is 2.25. The van der Waals surface area contributed by atoms with Gasteiger partial charge in [-0.05, 0) is 31.2 Å². The number of carbonyl (C=O) groups excluding carboxylic acids is 1. The summed E-state index contributed by atoms with van der Waals surface area (Å²) in [6, 6.07) is 6.02. The van der Waals surface area contributed by atoms with Crippen LogP contribution in [0.15, 0.2) is 42.0 Å². The summed E-state index contributed by atoms with van der Waals surface area (Å²) in [5.74, 6) is -0.669. The Hall–Kier alpha value is -2.67. The lowest BCUT2D eigenvalue weighted by atomic mass is 10.2. The Morgan fingerprint density at radius 1 is 1.18 bits per heavy atom. The number of thiazole rings is 1. The second kappa shape index (κ2) is 5.98. The highest BCUT2D eigenvalue weighted by atomic mass is 32.1. The van der Waals surface area contributed by atoms with Crippen molar-refractivity contribution in [1.82, 2.24) is 15.0 Å². The fourth-order valence-electron chi connectivity index (χ4n) is 1.76. The van der Waals surface area contributed by atoms with E-state index >= 15 is 0 Å². The van der Waals surface area contributed by atoms with Crippen LogP contribution in [0.3, 0.4) is 0 Å². The summed E-state index contributed by atoms with van der Waals surface area (Å²) in [7, 11) is 0. The topological polar surface area (TPSA) is 67.8 Å². The maximum atomic E-state index is 12.9. The van der Waals surface area contributed by atoms with Gasteiger partial charge in [0.25, 0.3) is 5.91 Å². The number of aryl methyl sites for hydroxylation is 1. The van der Waals surface area contributed by atoms with Crippen LogP contribution in [0.2, 0.25) is 0 Å². The molecule has 0 atom stereocenters. The molecule has 1 N–H and O–H groups in total. The smallest absolute Gasteiger partial charge is 0.277 e. The maximum Gasteiger partial charge on any atom is 0.277 e. The van der Waals surface area contributed by atoms with Crippen molar-refractivity contribution < 1.29 is 9.18 Å². The number of nitrogens with zero attached hydrogens (tertiary/aromatic N) is 3. The molecule has 22 heavy (non-hydrogen) atoms. The van der Waals surface area contributed by atoms with Crippen LogP contribution in [0.5, 0.6) is 0 Å². The molecule has 0 saturated carbocycles. The van der Waals surface area contributed by atoms with Gasteiger partial charge in [0.15, 0.2) is 5.13 Å². The van der Waals surface area contributed by atoms with E-state index in [0.29, 0.717) is 10.8 Å². The third-order valence-electron chi connectivity index (χ3n) is 2.88. The minimum atomic E-state index is -0.368. The maximum absolute atomic E-state index is 12.9. The number of rotatable bonds is 3. The number of amides is 1. The fraction of sp³-hybridized carbons (Fsp3) is 0.0667. The average Bonchev–Trinajstić information content (AvgIpc) is 2.97. The molecule has 0 aliphatic carbocycles. The molecule has 3 rings (SSSR count). The van der Waals surface area contributed by atoms with Crippen LogP contribution in [-0.2, 0) is 0 Å². The van der Waals surface area contributed by atoms with Gasteiger partial charge in [0, 0.05) is 17.1 Å². The van der Waals surface area contributed by atoms with E-state index in [-0.39, 0.29) is 17.4 Å². The molecule has 0 aliphatic heterocycles. The van der Waals surface area contributed by atoms with Crippen molar-refractivity contribution in [2.75, 3.05) is 5.32 Å². The Kier molecular flexibility index (Phi) is 3.88. The molecule has 0 aliphatic rings. The lowest BCUT2D eigenvalue weighted by Gasteiger charge is -2.00. The molecule has 0 fully saturated rings. The number of anilines is 1. The van der Waals surface area contributed by atoms with Gasteiger partial charge in [0.05, 0.1) is 17.6 Å². The van der Waals surface area contributed by atoms with Gasteiger partial charge in [-0.25, -0.2) is 14.4 Å². The number of hydrogen-bond acceptors (Lipinski definition) is 5. The summed E-state index contributed by atoms with van der Waals surface area (Å²) in [4.78, 5) is 24.4. The molecule has 7 heteroatoms. The zero-order valence-electron chi connectivity index (χ0n) is 11.6. The van der Waals surface area contributed by atoms with Crippen molar-refractivity contribution in [1.29, 1.82) is 0 Å². The minimum Gasteiger partial charge on any atom is -0.296 e. The quantitative estimate of drug-likeness (QED) is 0.805. The van der Waals surface area contributed by atoms with Crippen LogP contribution >= 0.6 is 11.3 Å². The van der Waals surface area contributed by atoms with E-state index in [1.165, 1.54) is 35.9 Å². The van der Waals surface area contributed by atoms with Crippen LogP contribution in [0.4, 0.5) is 9.52 Å². The Bertz CT molecular complexity index is 799. The Labute approximate surface area is 129 Å². The van der Waals surface area contributed by atoms with Crippen molar-refractivity contribution in [3.8, 4) is 11.3 Å². The van der Waals surface area contributed by atoms with Gasteiger partial charge in [0.2, 0.25) is 0 Å². The van der Waals surface area contributed by atoms with Gasteiger partial charge < -0.3 is 0 Å². The highest BCUT2D eigenvalue weighted by molar-refractivity contribution is 7.14. The van der Waals surface area contributed by atoms with Gasteiger partial charge in [0.1, 0.15) is 11.5 Å². The zero-order chi connectivity index (χ0) is 15.5. The second-order valence-electron chi connectivity index (χ2n) is 4.54. The lowest BCUT2D eigenvalue weighted by molar-refractivity contribution is 0.102. The number of carbonyl (C=O) groups is 1. The van der Waals surface area contributed by atoms with Crippen LogP contribution in [0.1, 0.15) is 16.2 Å².